The Morgan fingerprint density at radius 3 is 2.64 bits per heavy atom. The molecule has 8 nitrogen and oxygen atoms in total. The summed E-state index contributed by atoms with van der Waals surface area (Å²) in [7, 11) is 0. The molecule has 0 bridgehead atoms. The first-order valence-corrected chi connectivity index (χ1v) is 11.2. The smallest absolute Gasteiger partial charge is 0.283 e. The first-order valence-electron chi connectivity index (χ1n) is 10.4. The van der Waals surface area contributed by atoms with E-state index in [-0.39, 0.29) is 23.8 Å². The van der Waals surface area contributed by atoms with Gasteiger partial charge >= 0.3 is 0 Å². The molecule has 10 heteroatoms. The van der Waals surface area contributed by atoms with Gasteiger partial charge in [0.2, 0.25) is 5.17 Å². The van der Waals surface area contributed by atoms with Crippen LogP contribution in [-0.2, 0) is 16.1 Å². The van der Waals surface area contributed by atoms with Gasteiger partial charge in [-0.15, -0.1) is 5.10 Å². The lowest BCUT2D eigenvalue weighted by Crippen LogP contribution is -2.39. The van der Waals surface area contributed by atoms with Gasteiger partial charge < -0.3 is 14.4 Å². The van der Waals surface area contributed by atoms with Gasteiger partial charge in [0, 0.05) is 18.7 Å². The number of amidine groups is 3. The molecule has 0 unspecified atom stereocenters. The molecular weight excluding hydrogens is 445 g/mol. The van der Waals surface area contributed by atoms with E-state index in [1.54, 1.807) is 48.5 Å². The zero-order valence-corrected chi connectivity index (χ0v) is 18.3. The van der Waals surface area contributed by atoms with E-state index in [0.29, 0.717) is 53.5 Å². The van der Waals surface area contributed by atoms with Crippen molar-refractivity contribution >= 4 is 39.9 Å². The molecule has 3 heterocycles. The number of ether oxygens (including phenoxy) is 2. The standard InChI is InChI=1S/C23H20FN5O3S/c24-19-4-2-1-3-16(19)14-32-17-7-5-15(6-8-17)13-18-20(25)29-22(26-21(18)30)33-23(27-29)28-9-11-31-12-10-28/h1-8,13,25H,9-12,14H2/b18-13-,25-20?. The SMILES string of the molecule is N=C1/C(=C/c2ccc(OCc3ccccc3F)cc2)C(=O)N=C2SC(N3CCOCC3)=NN12. The third-order valence-electron chi connectivity index (χ3n) is 5.27. The van der Waals surface area contributed by atoms with E-state index in [9.17, 15) is 9.18 Å². The quantitative estimate of drug-likeness (QED) is 0.697. The van der Waals surface area contributed by atoms with Crippen molar-refractivity contribution in [2.75, 3.05) is 26.3 Å². The summed E-state index contributed by atoms with van der Waals surface area (Å²) in [6.07, 6.45) is 1.61. The summed E-state index contributed by atoms with van der Waals surface area (Å²) >= 11 is 1.29. The van der Waals surface area contributed by atoms with Crippen molar-refractivity contribution in [3.05, 3.63) is 71.0 Å². The monoisotopic (exact) mass is 465 g/mol. The minimum absolute atomic E-state index is 0.0133. The molecular formula is C23H20FN5O3S. The second-order valence-electron chi connectivity index (χ2n) is 7.45. The highest BCUT2D eigenvalue weighted by Gasteiger charge is 2.37. The minimum Gasteiger partial charge on any atom is -0.489 e. The number of nitrogens with zero attached hydrogens (tertiary/aromatic N) is 4. The van der Waals surface area contributed by atoms with Gasteiger partial charge in [-0.25, -0.2) is 4.39 Å². The Morgan fingerprint density at radius 2 is 1.88 bits per heavy atom. The van der Waals surface area contributed by atoms with Crippen LogP contribution in [0.25, 0.3) is 6.08 Å². The summed E-state index contributed by atoms with van der Waals surface area (Å²) in [6, 6.07) is 13.5. The summed E-state index contributed by atoms with van der Waals surface area (Å²) in [5.74, 6) is -0.230. The summed E-state index contributed by atoms with van der Waals surface area (Å²) in [6.45, 7) is 2.77. The molecule has 0 atom stereocenters. The van der Waals surface area contributed by atoms with E-state index < -0.39 is 5.91 Å². The average Bonchev–Trinajstić information content (AvgIpc) is 3.27. The molecule has 2 aromatic carbocycles. The number of hydrogen-bond acceptors (Lipinski definition) is 7. The van der Waals surface area contributed by atoms with Gasteiger partial charge in [0.05, 0.1) is 18.8 Å². The van der Waals surface area contributed by atoms with E-state index in [4.69, 9.17) is 14.9 Å². The van der Waals surface area contributed by atoms with Crippen molar-refractivity contribution in [1.29, 1.82) is 5.41 Å². The fourth-order valence-electron chi connectivity index (χ4n) is 3.47. The highest BCUT2D eigenvalue weighted by Crippen LogP contribution is 2.30. The summed E-state index contributed by atoms with van der Waals surface area (Å²) in [5, 5.41) is 15.5. The lowest BCUT2D eigenvalue weighted by Gasteiger charge is -2.26. The highest BCUT2D eigenvalue weighted by atomic mass is 32.2. The number of morpholine rings is 1. The normalized spacial score (nSPS) is 19.5. The molecule has 3 aliphatic heterocycles. The van der Waals surface area contributed by atoms with Crippen molar-refractivity contribution < 1.29 is 18.7 Å². The molecule has 1 N–H and O–H groups in total. The van der Waals surface area contributed by atoms with Crippen LogP contribution in [0, 0.1) is 11.2 Å². The van der Waals surface area contributed by atoms with E-state index >= 15 is 0 Å². The average molecular weight is 466 g/mol. The maximum atomic E-state index is 13.7. The van der Waals surface area contributed by atoms with Crippen molar-refractivity contribution in [3.63, 3.8) is 0 Å². The number of aliphatic imine (C=N–C) groups is 1. The van der Waals surface area contributed by atoms with Crippen LogP contribution in [0.4, 0.5) is 4.39 Å². The van der Waals surface area contributed by atoms with E-state index in [1.165, 1.54) is 22.8 Å². The van der Waals surface area contributed by atoms with Crippen LogP contribution >= 0.6 is 11.8 Å². The number of rotatable bonds is 4. The number of halogens is 1. The molecule has 2 aromatic rings. The highest BCUT2D eigenvalue weighted by molar-refractivity contribution is 8.26. The number of thioether (sulfide) groups is 1. The molecule has 3 aliphatic rings. The van der Waals surface area contributed by atoms with E-state index in [1.807, 2.05) is 0 Å². The molecule has 168 valence electrons. The molecule has 33 heavy (non-hydrogen) atoms. The van der Waals surface area contributed by atoms with Crippen molar-refractivity contribution in [3.8, 4) is 5.75 Å². The Bertz CT molecular complexity index is 1190. The van der Waals surface area contributed by atoms with Crippen LogP contribution in [-0.4, -0.2) is 58.3 Å². The van der Waals surface area contributed by atoms with Crippen LogP contribution in [0.3, 0.4) is 0 Å². The topological polar surface area (TPSA) is 90.6 Å². The molecule has 0 aliphatic carbocycles. The van der Waals surface area contributed by atoms with Crippen molar-refractivity contribution in [2.45, 2.75) is 6.61 Å². The second-order valence-corrected chi connectivity index (χ2v) is 8.39. The van der Waals surface area contributed by atoms with Gasteiger partial charge in [0.25, 0.3) is 5.91 Å². The number of benzene rings is 2. The lowest BCUT2D eigenvalue weighted by atomic mass is 10.1. The Morgan fingerprint density at radius 1 is 1.12 bits per heavy atom. The second kappa shape index (κ2) is 9.16. The maximum absolute atomic E-state index is 13.7. The Hall–Kier alpha value is -3.50. The number of hydrazone groups is 1. The number of nitrogens with one attached hydrogen (secondary N) is 1. The zero-order valence-electron chi connectivity index (χ0n) is 17.5. The lowest BCUT2D eigenvalue weighted by molar-refractivity contribution is -0.114. The molecule has 0 saturated carbocycles. The maximum Gasteiger partial charge on any atom is 0.283 e. The van der Waals surface area contributed by atoms with Crippen LogP contribution in [0.2, 0.25) is 0 Å². The minimum atomic E-state index is -0.475. The first kappa shape index (κ1) is 21.4. The number of fused-ring (bicyclic) bond motifs is 1. The van der Waals surface area contributed by atoms with E-state index in [0.717, 1.165) is 0 Å². The third kappa shape index (κ3) is 4.53. The predicted octanol–water partition coefficient (Wildman–Crippen LogP) is 3.31. The summed E-state index contributed by atoms with van der Waals surface area (Å²) < 4.78 is 24.8. The van der Waals surface area contributed by atoms with E-state index in [2.05, 4.69) is 15.0 Å². The number of carbonyl (C=O) groups is 1. The summed E-state index contributed by atoms with van der Waals surface area (Å²) in [4.78, 5) is 18.8. The van der Waals surface area contributed by atoms with Gasteiger partial charge in [0.1, 0.15) is 18.2 Å². The van der Waals surface area contributed by atoms with Crippen LogP contribution in [0.15, 0.2) is 64.2 Å². The van der Waals surface area contributed by atoms with Crippen LogP contribution < -0.4 is 4.74 Å². The third-order valence-corrected chi connectivity index (χ3v) is 6.24. The molecule has 5 rings (SSSR count). The molecule has 1 saturated heterocycles. The molecule has 0 aromatic heterocycles. The Labute approximate surface area is 193 Å². The Kier molecular flexibility index (Phi) is 5.93. The van der Waals surface area contributed by atoms with Crippen LogP contribution in [0.5, 0.6) is 5.75 Å². The van der Waals surface area contributed by atoms with Crippen molar-refractivity contribution in [2.24, 2.45) is 10.1 Å². The molecule has 0 spiro atoms. The fraction of sp³-hybridized carbons (Fsp3) is 0.217. The van der Waals surface area contributed by atoms with Gasteiger partial charge in [-0.3, -0.25) is 10.2 Å². The van der Waals surface area contributed by atoms with Gasteiger partial charge in [0.15, 0.2) is 11.0 Å². The number of hydrogen-bond donors (Lipinski definition) is 1. The number of amides is 1. The van der Waals surface area contributed by atoms with Gasteiger partial charge in [-0.1, -0.05) is 30.3 Å². The zero-order chi connectivity index (χ0) is 22.8. The van der Waals surface area contributed by atoms with Gasteiger partial charge in [-0.05, 0) is 41.6 Å². The van der Waals surface area contributed by atoms with Gasteiger partial charge in [-0.2, -0.15) is 10.0 Å². The Balaban J connectivity index is 1.29. The summed E-state index contributed by atoms with van der Waals surface area (Å²) in [5.41, 5.74) is 1.34. The molecule has 0 radical (unpaired) electrons. The van der Waals surface area contributed by atoms with Crippen molar-refractivity contribution in [1.82, 2.24) is 9.91 Å². The number of carbonyl (C=O) groups excluding carboxylic acids is 1. The van der Waals surface area contributed by atoms with Crippen LogP contribution in [0.1, 0.15) is 11.1 Å². The first-order chi connectivity index (χ1) is 16.1. The fourth-order valence-corrected chi connectivity index (χ4v) is 4.41. The largest absolute Gasteiger partial charge is 0.489 e. The molecule has 1 fully saturated rings. The molecule has 1 amide bonds. The predicted molar refractivity (Wildman–Crippen MR) is 125 cm³/mol.